The molecular formula is C25H28ClN5O3. The van der Waals surface area contributed by atoms with Crippen LogP contribution in [0.2, 0.25) is 5.02 Å². The maximum atomic E-state index is 12.4. The van der Waals surface area contributed by atoms with Crippen LogP contribution in [0.1, 0.15) is 38.7 Å². The Hall–Kier alpha value is -3.13. The molecule has 2 bridgehead atoms. The summed E-state index contributed by atoms with van der Waals surface area (Å²) in [4.78, 5) is 34.8. The van der Waals surface area contributed by atoms with Gasteiger partial charge in [0.15, 0.2) is 5.82 Å². The first-order chi connectivity index (χ1) is 16.1. The lowest BCUT2D eigenvalue weighted by atomic mass is 9.80. The number of anilines is 4. The SMILES string of the molecule is CN1C(=O)CCC(C)(C)c2cc(Nc3ncc(Cl)c(N[C@H]4[C@@H](C(=O)O)[C@@H]5C=C[C@H]4C5)n3)ccc21. The van der Waals surface area contributed by atoms with E-state index in [0.29, 0.717) is 23.2 Å². The topological polar surface area (TPSA) is 107 Å². The Morgan fingerprint density at radius 1 is 1.26 bits per heavy atom. The molecule has 8 nitrogen and oxygen atoms in total. The molecule has 1 fully saturated rings. The molecule has 1 saturated carbocycles. The molecule has 3 N–H and O–H groups in total. The number of carboxylic acid groups (broad SMARTS) is 1. The van der Waals surface area contributed by atoms with Gasteiger partial charge in [-0.15, -0.1) is 0 Å². The van der Waals surface area contributed by atoms with E-state index in [1.54, 1.807) is 4.90 Å². The van der Waals surface area contributed by atoms with Crippen molar-refractivity contribution in [3.63, 3.8) is 0 Å². The normalized spacial score (nSPS) is 26.8. The molecule has 2 aromatic rings. The maximum absolute atomic E-state index is 12.4. The number of nitrogens with one attached hydrogen (secondary N) is 2. The number of allylic oxidation sites excluding steroid dienone is 1. The fraction of sp³-hybridized carbons (Fsp3) is 0.440. The second-order valence-electron chi connectivity index (χ2n) is 10.1. The Bertz CT molecular complexity index is 1200. The highest BCUT2D eigenvalue weighted by Gasteiger charge is 2.48. The molecule has 1 aliphatic heterocycles. The molecule has 3 aliphatic rings. The largest absolute Gasteiger partial charge is 0.481 e. The number of amides is 1. The fourth-order valence-electron chi connectivity index (χ4n) is 5.48. The van der Waals surface area contributed by atoms with E-state index < -0.39 is 11.9 Å². The summed E-state index contributed by atoms with van der Waals surface area (Å²) in [5.41, 5.74) is 2.62. The second-order valence-corrected chi connectivity index (χ2v) is 10.5. The Labute approximate surface area is 203 Å². The molecule has 0 spiro atoms. The minimum absolute atomic E-state index is 0.0335. The maximum Gasteiger partial charge on any atom is 0.309 e. The lowest BCUT2D eigenvalue weighted by Crippen LogP contribution is -2.38. The van der Waals surface area contributed by atoms with Gasteiger partial charge in [0, 0.05) is 30.9 Å². The number of nitrogens with zero attached hydrogens (tertiary/aromatic N) is 3. The van der Waals surface area contributed by atoms with Crippen LogP contribution in [-0.2, 0) is 15.0 Å². The Morgan fingerprint density at radius 2 is 2.03 bits per heavy atom. The zero-order valence-electron chi connectivity index (χ0n) is 19.4. The zero-order chi connectivity index (χ0) is 24.2. The molecule has 1 aromatic heterocycles. The number of carboxylic acids is 1. The van der Waals surface area contributed by atoms with E-state index >= 15 is 0 Å². The number of carbonyl (C=O) groups excluding carboxylic acids is 1. The number of benzene rings is 1. The van der Waals surface area contributed by atoms with Crippen molar-refractivity contribution in [2.75, 3.05) is 22.6 Å². The van der Waals surface area contributed by atoms with Gasteiger partial charge in [-0.3, -0.25) is 9.59 Å². The number of halogens is 1. The van der Waals surface area contributed by atoms with Gasteiger partial charge >= 0.3 is 5.97 Å². The first-order valence-corrected chi connectivity index (χ1v) is 11.9. The van der Waals surface area contributed by atoms with Crippen LogP contribution in [0.3, 0.4) is 0 Å². The summed E-state index contributed by atoms with van der Waals surface area (Å²) >= 11 is 6.37. The predicted molar refractivity (Wildman–Crippen MR) is 132 cm³/mol. The minimum Gasteiger partial charge on any atom is -0.481 e. The molecule has 0 unspecified atom stereocenters. The molecule has 5 rings (SSSR count). The van der Waals surface area contributed by atoms with Crippen molar-refractivity contribution in [3.8, 4) is 0 Å². The average molecular weight is 482 g/mol. The molecule has 178 valence electrons. The van der Waals surface area contributed by atoms with Gasteiger partial charge in [-0.25, -0.2) is 4.98 Å². The van der Waals surface area contributed by atoms with E-state index in [0.717, 1.165) is 29.8 Å². The summed E-state index contributed by atoms with van der Waals surface area (Å²) in [7, 11) is 1.81. The summed E-state index contributed by atoms with van der Waals surface area (Å²) in [5.74, 6) is -0.270. The lowest BCUT2D eigenvalue weighted by Gasteiger charge is -2.27. The summed E-state index contributed by atoms with van der Waals surface area (Å²) in [5, 5.41) is 16.6. The van der Waals surface area contributed by atoms with Crippen molar-refractivity contribution in [1.29, 1.82) is 0 Å². The zero-order valence-corrected chi connectivity index (χ0v) is 20.1. The standard InChI is InChI=1S/C25H28ClN5O3/c1-25(2)9-8-19(32)31(3)18-7-6-15(11-16(18)25)28-24-27-12-17(26)22(30-24)29-21-14-5-4-13(10-14)20(21)23(33)34/h4-7,11-14,20-21H,8-10H2,1-3H3,(H,33,34)(H2,27,28,29,30)/t13-,14+,20+,21-/m1/s1. The number of carbonyl (C=O) groups is 2. The molecule has 2 aliphatic carbocycles. The van der Waals surface area contributed by atoms with Crippen LogP contribution < -0.4 is 15.5 Å². The molecule has 1 amide bonds. The van der Waals surface area contributed by atoms with Crippen LogP contribution in [0.15, 0.2) is 36.5 Å². The van der Waals surface area contributed by atoms with E-state index in [2.05, 4.69) is 40.5 Å². The van der Waals surface area contributed by atoms with Gasteiger partial charge in [0.2, 0.25) is 11.9 Å². The lowest BCUT2D eigenvalue weighted by molar-refractivity contribution is -0.142. The predicted octanol–water partition coefficient (Wildman–Crippen LogP) is 4.60. The number of rotatable bonds is 5. The first kappa shape index (κ1) is 22.7. The third kappa shape index (κ3) is 3.90. The van der Waals surface area contributed by atoms with Crippen LogP contribution in [0.4, 0.5) is 23.1 Å². The molecule has 2 heterocycles. The third-order valence-electron chi connectivity index (χ3n) is 7.47. The van der Waals surface area contributed by atoms with Crippen molar-refractivity contribution >= 4 is 46.6 Å². The monoisotopic (exact) mass is 481 g/mol. The van der Waals surface area contributed by atoms with E-state index in [-0.39, 0.29) is 29.2 Å². The highest BCUT2D eigenvalue weighted by molar-refractivity contribution is 6.32. The summed E-state index contributed by atoms with van der Waals surface area (Å²) in [6.07, 6.45) is 7.69. The highest BCUT2D eigenvalue weighted by Crippen LogP contribution is 2.45. The number of aromatic nitrogens is 2. The quantitative estimate of drug-likeness (QED) is 0.536. The second kappa shape index (κ2) is 8.27. The van der Waals surface area contributed by atoms with Crippen molar-refractivity contribution in [1.82, 2.24) is 9.97 Å². The summed E-state index contributed by atoms with van der Waals surface area (Å²) in [6, 6.07) is 5.61. The van der Waals surface area contributed by atoms with Crippen LogP contribution in [0.25, 0.3) is 0 Å². The molecule has 0 radical (unpaired) electrons. The van der Waals surface area contributed by atoms with Crippen LogP contribution in [0.5, 0.6) is 0 Å². The Morgan fingerprint density at radius 3 is 2.79 bits per heavy atom. The molecular weight excluding hydrogens is 454 g/mol. The van der Waals surface area contributed by atoms with Gasteiger partial charge in [0.25, 0.3) is 0 Å². The van der Waals surface area contributed by atoms with Gasteiger partial charge in [0.05, 0.1) is 12.1 Å². The van der Waals surface area contributed by atoms with Gasteiger partial charge in [-0.2, -0.15) is 4.98 Å². The van der Waals surface area contributed by atoms with Gasteiger partial charge in [-0.05, 0) is 53.9 Å². The van der Waals surface area contributed by atoms with E-state index in [4.69, 9.17) is 11.6 Å². The van der Waals surface area contributed by atoms with Gasteiger partial charge < -0.3 is 20.6 Å². The van der Waals surface area contributed by atoms with Crippen molar-refractivity contribution in [2.45, 2.75) is 44.6 Å². The van der Waals surface area contributed by atoms with Crippen LogP contribution >= 0.6 is 11.6 Å². The Balaban J connectivity index is 1.41. The highest BCUT2D eigenvalue weighted by atomic mass is 35.5. The summed E-state index contributed by atoms with van der Waals surface area (Å²) < 4.78 is 0. The Kier molecular flexibility index (Phi) is 5.51. The smallest absolute Gasteiger partial charge is 0.309 e. The molecule has 34 heavy (non-hydrogen) atoms. The third-order valence-corrected chi connectivity index (χ3v) is 7.75. The van der Waals surface area contributed by atoms with Crippen molar-refractivity contribution in [2.24, 2.45) is 17.8 Å². The first-order valence-electron chi connectivity index (χ1n) is 11.5. The van der Waals surface area contributed by atoms with Crippen molar-refractivity contribution in [3.05, 3.63) is 47.1 Å². The van der Waals surface area contributed by atoms with Gasteiger partial charge in [0.1, 0.15) is 5.02 Å². The number of fused-ring (bicyclic) bond motifs is 3. The number of aliphatic carboxylic acids is 1. The van der Waals surface area contributed by atoms with Crippen molar-refractivity contribution < 1.29 is 14.7 Å². The minimum atomic E-state index is -0.811. The molecule has 0 saturated heterocycles. The average Bonchev–Trinajstić information content (AvgIpc) is 3.39. The molecule has 1 aromatic carbocycles. The van der Waals surface area contributed by atoms with Crippen LogP contribution in [0, 0.1) is 17.8 Å². The van der Waals surface area contributed by atoms with Crippen LogP contribution in [-0.4, -0.2) is 40.0 Å². The fourth-order valence-corrected chi connectivity index (χ4v) is 5.62. The number of hydrogen-bond donors (Lipinski definition) is 3. The van der Waals surface area contributed by atoms with Gasteiger partial charge in [-0.1, -0.05) is 37.6 Å². The van der Waals surface area contributed by atoms with E-state index in [1.165, 1.54) is 6.20 Å². The number of hydrogen-bond acceptors (Lipinski definition) is 6. The molecule has 9 heteroatoms. The molecule has 4 atom stereocenters. The van der Waals surface area contributed by atoms with E-state index in [9.17, 15) is 14.7 Å². The summed E-state index contributed by atoms with van der Waals surface area (Å²) in [6.45, 7) is 4.29. The van der Waals surface area contributed by atoms with E-state index in [1.807, 2.05) is 31.3 Å².